The number of hydrogen-bond acceptors (Lipinski definition) is 3. The monoisotopic (exact) mass is 259 g/mol. The lowest BCUT2D eigenvalue weighted by atomic mass is 9.77. The number of alkyl halides is 3. The zero-order chi connectivity index (χ0) is 13.3. The van der Waals surface area contributed by atoms with E-state index in [1.54, 1.807) is 0 Å². The highest BCUT2D eigenvalue weighted by Crippen LogP contribution is 2.40. The van der Waals surface area contributed by atoms with Crippen LogP contribution in [0.15, 0.2) is 18.2 Å². The van der Waals surface area contributed by atoms with Crippen LogP contribution >= 0.6 is 0 Å². The Morgan fingerprint density at radius 1 is 1.28 bits per heavy atom. The number of hydrogen-bond donors (Lipinski definition) is 3. The Morgan fingerprint density at radius 3 is 2.39 bits per heavy atom. The molecule has 1 aliphatic rings. The molecule has 0 amide bonds. The minimum Gasteiger partial charge on any atom is -0.398 e. The van der Waals surface area contributed by atoms with E-state index in [0.717, 1.165) is 31.4 Å². The Labute approximate surface area is 103 Å². The zero-order valence-electron chi connectivity index (χ0n) is 9.80. The average molecular weight is 259 g/mol. The predicted octanol–water partition coefficient (Wildman–Crippen LogP) is 2.59. The molecule has 0 aliphatic heterocycles. The number of hydrazine groups is 1. The SMILES string of the molecule is NNC(c1cc(C(F)(F)F)ccc1N)C1CCC1. The molecule has 0 bridgehead atoms. The molecule has 3 nitrogen and oxygen atoms in total. The molecule has 18 heavy (non-hydrogen) atoms. The minimum absolute atomic E-state index is 0.265. The van der Waals surface area contributed by atoms with Crippen molar-refractivity contribution in [1.82, 2.24) is 5.43 Å². The molecule has 1 fully saturated rings. The van der Waals surface area contributed by atoms with Gasteiger partial charge in [-0.25, -0.2) is 0 Å². The average Bonchev–Trinajstić information content (AvgIpc) is 2.22. The lowest BCUT2D eigenvalue weighted by Gasteiger charge is -2.34. The zero-order valence-corrected chi connectivity index (χ0v) is 9.80. The van der Waals surface area contributed by atoms with Gasteiger partial charge in [0, 0.05) is 5.69 Å². The molecule has 0 saturated heterocycles. The summed E-state index contributed by atoms with van der Waals surface area (Å²) in [5.74, 6) is 5.72. The van der Waals surface area contributed by atoms with E-state index < -0.39 is 11.7 Å². The first kappa shape index (κ1) is 13.2. The van der Waals surface area contributed by atoms with Gasteiger partial charge in [0.05, 0.1) is 11.6 Å². The van der Waals surface area contributed by atoms with Gasteiger partial charge < -0.3 is 5.73 Å². The van der Waals surface area contributed by atoms with Gasteiger partial charge in [0.25, 0.3) is 0 Å². The molecule has 1 atom stereocenters. The summed E-state index contributed by atoms with van der Waals surface area (Å²) in [4.78, 5) is 0. The Morgan fingerprint density at radius 2 is 1.94 bits per heavy atom. The Hall–Kier alpha value is -1.27. The summed E-state index contributed by atoms with van der Waals surface area (Å²) in [6.07, 6.45) is -1.35. The predicted molar refractivity (Wildman–Crippen MR) is 63.3 cm³/mol. The molecule has 1 saturated carbocycles. The minimum atomic E-state index is -4.36. The summed E-state index contributed by atoms with van der Waals surface area (Å²) in [6.45, 7) is 0. The standard InChI is InChI=1S/C12H16F3N3/c13-12(14,15)8-4-5-10(16)9(6-8)11(18-17)7-2-1-3-7/h4-7,11,18H,1-3,16-17H2. The number of benzene rings is 1. The van der Waals surface area contributed by atoms with Gasteiger partial charge >= 0.3 is 6.18 Å². The van der Waals surface area contributed by atoms with Crippen molar-refractivity contribution in [2.24, 2.45) is 11.8 Å². The van der Waals surface area contributed by atoms with Crippen LogP contribution in [0.25, 0.3) is 0 Å². The highest BCUT2D eigenvalue weighted by atomic mass is 19.4. The molecule has 6 heteroatoms. The molecule has 0 spiro atoms. The number of nitrogen functional groups attached to an aromatic ring is 1. The maximum absolute atomic E-state index is 12.7. The second kappa shape index (κ2) is 4.78. The molecule has 5 N–H and O–H groups in total. The number of rotatable bonds is 3. The van der Waals surface area contributed by atoms with Crippen molar-refractivity contribution in [2.45, 2.75) is 31.5 Å². The lowest BCUT2D eigenvalue weighted by Crippen LogP contribution is -2.37. The fourth-order valence-corrected chi connectivity index (χ4v) is 2.27. The molecule has 1 aromatic rings. The summed E-state index contributed by atoms with van der Waals surface area (Å²) in [5.41, 5.74) is 8.45. The molecule has 0 aromatic heterocycles. The fourth-order valence-electron chi connectivity index (χ4n) is 2.27. The van der Waals surface area contributed by atoms with Crippen LogP contribution in [0.5, 0.6) is 0 Å². The van der Waals surface area contributed by atoms with Crippen molar-refractivity contribution in [3.05, 3.63) is 29.3 Å². The van der Waals surface area contributed by atoms with E-state index in [1.807, 2.05) is 0 Å². The van der Waals surface area contributed by atoms with Crippen LogP contribution in [0.1, 0.15) is 36.4 Å². The van der Waals surface area contributed by atoms with Crippen molar-refractivity contribution in [1.29, 1.82) is 0 Å². The van der Waals surface area contributed by atoms with Gasteiger partial charge in [-0.1, -0.05) is 6.42 Å². The van der Waals surface area contributed by atoms with Gasteiger partial charge in [-0.05, 0) is 42.5 Å². The van der Waals surface area contributed by atoms with Crippen molar-refractivity contribution >= 4 is 5.69 Å². The number of nitrogens with one attached hydrogen (secondary N) is 1. The first-order valence-corrected chi connectivity index (χ1v) is 5.86. The van der Waals surface area contributed by atoms with Crippen molar-refractivity contribution < 1.29 is 13.2 Å². The number of anilines is 1. The van der Waals surface area contributed by atoms with Crippen molar-refractivity contribution in [3.8, 4) is 0 Å². The highest BCUT2D eigenvalue weighted by Gasteiger charge is 2.34. The van der Waals surface area contributed by atoms with Crippen molar-refractivity contribution in [2.75, 3.05) is 5.73 Å². The molecule has 1 aromatic carbocycles. The van der Waals surface area contributed by atoms with Gasteiger partial charge in [0.15, 0.2) is 0 Å². The maximum Gasteiger partial charge on any atom is 0.416 e. The second-order valence-corrected chi connectivity index (χ2v) is 4.68. The molecule has 0 heterocycles. The normalized spacial score (nSPS) is 18.4. The van der Waals surface area contributed by atoms with Crippen LogP contribution in [0, 0.1) is 5.92 Å². The molecule has 1 unspecified atom stereocenters. The van der Waals surface area contributed by atoms with E-state index in [2.05, 4.69) is 5.43 Å². The van der Waals surface area contributed by atoms with Gasteiger partial charge in [0.2, 0.25) is 0 Å². The summed E-state index contributed by atoms with van der Waals surface area (Å²) in [5, 5.41) is 0. The van der Waals surface area contributed by atoms with E-state index >= 15 is 0 Å². The quantitative estimate of drug-likeness (QED) is 0.444. The largest absolute Gasteiger partial charge is 0.416 e. The van der Waals surface area contributed by atoms with E-state index in [1.165, 1.54) is 6.07 Å². The van der Waals surface area contributed by atoms with E-state index in [4.69, 9.17) is 11.6 Å². The third kappa shape index (κ3) is 2.44. The first-order valence-electron chi connectivity index (χ1n) is 5.86. The van der Waals surface area contributed by atoms with Crippen LogP contribution in [-0.4, -0.2) is 0 Å². The molecule has 100 valence electrons. The molecular weight excluding hydrogens is 243 g/mol. The number of halogens is 3. The van der Waals surface area contributed by atoms with Gasteiger partial charge in [-0.2, -0.15) is 13.2 Å². The topological polar surface area (TPSA) is 64.1 Å². The third-order valence-electron chi connectivity index (χ3n) is 3.55. The van der Waals surface area contributed by atoms with Crippen LogP contribution < -0.4 is 17.0 Å². The Balaban J connectivity index is 2.35. The van der Waals surface area contributed by atoms with Crippen molar-refractivity contribution in [3.63, 3.8) is 0 Å². The van der Waals surface area contributed by atoms with Gasteiger partial charge in [-0.15, -0.1) is 0 Å². The van der Waals surface area contributed by atoms with E-state index in [9.17, 15) is 13.2 Å². The fraction of sp³-hybridized carbons (Fsp3) is 0.500. The van der Waals surface area contributed by atoms with Crippen LogP contribution in [-0.2, 0) is 6.18 Å². The Kier molecular flexibility index (Phi) is 3.49. The first-order chi connectivity index (χ1) is 8.43. The highest BCUT2D eigenvalue weighted by molar-refractivity contribution is 5.51. The van der Waals surface area contributed by atoms with Gasteiger partial charge in [0.1, 0.15) is 0 Å². The summed E-state index contributed by atoms with van der Waals surface area (Å²) in [6, 6.07) is 3.08. The van der Waals surface area contributed by atoms with Crippen LogP contribution in [0.4, 0.5) is 18.9 Å². The summed E-state index contributed by atoms with van der Waals surface area (Å²) in [7, 11) is 0. The van der Waals surface area contributed by atoms with Gasteiger partial charge in [-0.3, -0.25) is 11.3 Å². The molecule has 1 aliphatic carbocycles. The molecular formula is C12H16F3N3. The second-order valence-electron chi connectivity index (χ2n) is 4.68. The molecule has 2 rings (SSSR count). The van der Waals surface area contributed by atoms with E-state index in [-0.39, 0.29) is 12.0 Å². The number of nitrogens with two attached hydrogens (primary N) is 2. The summed E-state index contributed by atoms with van der Waals surface area (Å²) < 4.78 is 38.0. The summed E-state index contributed by atoms with van der Waals surface area (Å²) >= 11 is 0. The van der Waals surface area contributed by atoms with E-state index in [0.29, 0.717) is 11.3 Å². The van der Waals surface area contributed by atoms with Crippen LogP contribution in [0.3, 0.4) is 0 Å². The molecule has 0 radical (unpaired) electrons. The van der Waals surface area contributed by atoms with Crippen LogP contribution in [0.2, 0.25) is 0 Å². The maximum atomic E-state index is 12.7. The third-order valence-corrected chi connectivity index (χ3v) is 3.55. The Bertz CT molecular complexity index is 427. The lowest BCUT2D eigenvalue weighted by molar-refractivity contribution is -0.137. The smallest absolute Gasteiger partial charge is 0.398 e.